The topological polar surface area (TPSA) is 38.8 Å². The van der Waals surface area contributed by atoms with E-state index in [2.05, 4.69) is 4.74 Å². The zero-order valence-electron chi connectivity index (χ0n) is 10.4. The van der Waals surface area contributed by atoms with Gasteiger partial charge in [0.1, 0.15) is 5.75 Å². The molecule has 19 heavy (non-hydrogen) atoms. The van der Waals surface area contributed by atoms with E-state index in [9.17, 15) is 13.6 Å². The van der Waals surface area contributed by atoms with E-state index in [0.29, 0.717) is 26.3 Å². The number of hydrogen-bond donors (Lipinski definition) is 0. The Kier molecular flexibility index (Phi) is 4.68. The molecule has 1 aromatic carbocycles. The molecule has 1 heterocycles. The van der Waals surface area contributed by atoms with Crippen molar-refractivity contribution >= 4 is 5.91 Å². The lowest BCUT2D eigenvalue weighted by molar-refractivity contribution is -0.134. The van der Waals surface area contributed by atoms with Crippen LogP contribution in [0.15, 0.2) is 24.3 Å². The molecule has 0 aliphatic carbocycles. The summed E-state index contributed by atoms with van der Waals surface area (Å²) in [6, 6.07) is 6.12. The van der Waals surface area contributed by atoms with Crippen LogP contribution in [0.3, 0.4) is 0 Å². The molecule has 1 fully saturated rings. The van der Waals surface area contributed by atoms with Gasteiger partial charge >= 0.3 is 6.61 Å². The fourth-order valence-corrected chi connectivity index (χ4v) is 1.89. The van der Waals surface area contributed by atoms with E-state index in [0.717, 1.165) is 5.56 Å². The van der Waals surface area contributed by atoms with E-state index < -0.39 is 6.61 Å². The molecule has 0 saturated carbocycles. The molecule has 0 atom stereocenters. The van der Waals surface area contributed by atoms with Gasteiger partial charge in [-0.3, -0.25) is 4.79 Å². The lowest BCUT2D eigenvalue weighted by Gasteiger charge is -2.26. The maximum Gasteiger partial charge on any atom is 0.387 e. The highest BCUT2D eigenvalue weighted by Crippen LogP contribution is 2.15. The highest BCUT2D eigenvalue weighted by Gasteiger charge is 2.16. The molecule has 0 unspecified atom stereocenters. The molecule has 4 nitrogen and oxygen atoms in total. The molecular formula is C13H15F2NO3. The normalized spacial score (nSPS) is 15.6. The predicted octanol–water partition coefficient (Wildman–Crippen LogP) is 1.69. The second kappa shape index (κ2) is 6.47. The first-order chi connectivity index (χ1) is 9.15. The molecule has 1 amide bonds. The fraction of sp³-hybridized carbons (Fsp3) is 0.462. The average molecular weight is 271 g/mol. The number of halogens is 2. The number of carbonyl (C=O) groups excluding carboxylic acids is 1. The third-order valence-corrected chi connectivity index (χ3v) is 2.87. The monoisotopic (exact) mass is 271 g/mol. The molecule has 0 bridgehead atoms. The molecule has 1 aromatic rings. The van der Waals surface area contributed by atoms with Crippen LogP contribution in [-0.2, 0) is 16.0 Å². The second-order valence-corrected chi connectivity index (χ2v) is 4.19. The summed E-state index contributed by atoms with van der Waals surface area (Å²) in [6.07, 6.45) is 0.259. The number of nitrogens with zero attached hydrogens (tertiary/aromatic N) is 1. The number of amides is 1. The Morgan fingerprint density at radius 2 is 1.89 bits per heavy atom. The van der Waals surface area contributed by atoms with Gasteiger partial charge in [0, 0.05) is 13.1 Å². The Morgan fingerprint density at radius 3 is 2.47 bits per heavy atom. The van der Waals surface area contributed by atoms with E-state index in [1.165, 1.54) is 12.1 Å². The van der Waals surface area contributed by atoms with E-state index in [1.807, 2.05) is 0 Å². The molecule has 1 saturated heterocycles. The van der Waals surface area contributed by atoms with Crippen molar-refractivity contribution in [2.75, 3.05) is 26.3 Å². The Bertz CT molecular complexity index is 416. The third-order valence-electron chi connectivity index (χ3n) is 2.87. The van der Waals surface area contributed by atoms with Gasteiger partial charge in [-0.25, -0.2) is 0 Å². The maximum absolute atomic E-state index is 12.0. The van der Waals surface area contributed by atoms with Gasteiger partial charge in [0.25, 0.3) is 0 Å². The van der Waals surface area contributed by atoms with E-state index >= 15 is 0 Å². The summed E-state index contributed by atoms with van der Waals surface area (Å²) >= 11 is 0. The van der Waals surface area contributed by atoms with Crippen molar-refractivity contribution in [3.05, 3.63) is 29.8 Å². The van der Waals surface area contributed by atoms with E-state index in [1.54, 1.807) is 17.0 Å². The summed E-state index contributed by atoms with van der Waals surface area (Å²) < 4.78 is 33.4. The van der Waals surface area contributed by atoms with Gasteiger partial charge in [-0.2, -0.15) is 8.78 Å². The number of hydrogen-bond acceptors (Lipinski definition) is 3. The van der Waals surface area contributed by atoms with Crippen LogP contribution >= 0.6 is 0 Å². The first-order valence-electron chi connectivity index (χ1n) is 6.04. The van der Waals surface area contributed by atoms with Crippen molar-refractivity contribution in [1.82, 2.24) is 4.90 Å². The molecule has 1 aliphatic heterocycles. The Morgan fingerprint density at radius 1 is 1.26 bits per heavy atom. The molecular weight excluding hydrogens is 256 g/mol. The second-order valence-electron chi connectivity index (χ2n) is 4.19. The Balaban J connectivity index is 1.89. The lowest BCUT2D eigenvalue weighted by Crippen LogP contribution is -2.41. The summed E-state index contributed by atoms with van der Waals surface area (Å²) in [5.74, 6) is 0.114. The molecule has 104 valence electrons. The highest BCUT2D eigenvalue weighted by molar-refractivity contribution is 5.78. The van der Waals surface area contributed by atoms with Gasteiger partial charge in [0.2, 0.25) is 5.91 Å². The lowest BCUT2D eigenvalue weighted by atomic mass is 10.1. The quantitative estimate of drug-likeness (QED) is 0.836. The largest absolute Gasteiger partial charge is 0.435 e. The number of morpholine rings is 1. The van der Waals surface area contributed by atoms with Crippen LogP contribution in [0.1, 0.15) is 5.56 Å². The minimum absolute atomic E-state index is 0.0193. The molecule has 0 aromatic heterocycles. The first-order valence-corrected chi connectivity index (χ1v) is 6.04. The average Bonchev–Trinajstić information content (AvgIpc) is 2.41. The smallest absolute Gasteiger partial charge is 0.387 e. The van der Waals surface area contributed by atoms with Crippen molar-refractivity contribution in [1.29, 1.82) is 0 Å². The minimum Gasteiger partial charge on any atom is -0.435 e. The highest BCUT2D eigenvalue weighted by atomic mass is 19.3. The van der Waals surface area contributed by atoms with Crippen LogP contribution in [-0.4, -0.2) is 43.7 Å². The predicted molar refractivity (Wildman–Crippen MR) is 64.2 cm³/mol. The number of benzene rings is 1. The van der Waals surface area contributed by atoms with Crippen LogP contribution in [0.25, 0.3) is 0 Å². The van der Waals surface area contributed by atoms with Crippen molar-refractivity contribution in [3.8, 4) is 5.75 Å². The van der Waals surface area contributed by atoms with Crippen molar-refractivity contribution in [3.63, 3.8) is 0 Å². The maximum atomic E-state index is 12.0. The van der Waals surface area contributed by atoms with Gasteiger partial charge in [0.05, 0.1) is 19.6 Å². The van der Waals surface area contributed by atoms with Crippen LogP contribution < -0.4 is 4.74 Å². The van der Waals surface area contributed by atoms with E-state index in [4.69, 9.17) is 4.74 Å². The SMILES string of the molecule is O=C(Cc1ccc(OC(F)F)cc1)N1CCOCC1. The summed E-state index contributed by atoms with van der Waals surface area (Å²) in [5.41, 5.74) is 0.776. The Labute approximate surface area is 109 Å². The van der Waals surface area contributed by atoms with Gasteiger partial charge in [-0.15, -0.1) is 0 Å². The molecule has 2 rings (SSSR count). The summed E-state index contributed by atoms with van der Waals surface area (Å²) in [6.45, 7) is -0.503. The van der Waals surface area contributed by atoms with Gasteiger partial charge < -0.3 is 14.4 Å². The summed E-state index contributed by atoms with van der Waals surface area (Å²) in [5, 5.41) is 0. The van der Waals surface area contributed by atoms with Crippen LogP contribution in [0.2, 0.25) is 0 Å². The molecule has 0 radical (unpaired) electrons. The van der Waals surface area contributed by atoms with Crippen LogP contribution in [0.4, 0.5) is 8.78 Å². The van der Waals surface area contributed by atoms with Crippen molar-refractivity contribution in [2.24, 2.45) is 0 Å². The third kappa shape index (κ3) is 4.17. The number of alkyl halides is 2. The minimum atomic E-state index is -2.83. The number of ether oxygens (including phenoxy) is 2. The Hall–Kier alpha value is -1.69. The zero-order chi connectivity index (χ0) is 13.7. The molecule has 0 N–H and O–H groups in total. The van der Waals surface area contributed by atoms with Crippen LogP contribution in [0.5, 0.6) is 5.75 Å². The standard InChI is InChI=1S/C13H15F2NO3/c14-13(15)19-11-3-1-10(2-4-11)9-12(17)16-5-7-18-8-6-16/h1-4,13H,5-9H2. The summed E-state index contributed by atoms with van der Waals surface area (Å²) in [4.78, 5) is 13.7. The molecule has 1 aliphatic rings. The van der Waals surface area contributed by atoms with Gasteiger partial charge in [-0.05, 0) is 17.7 Å². The van der Waals surface area contributed by atoms with Crippen molar-refractivity contribution < 1.29 is 23.0 Å². The van der Waals surface area contributed by atoms with Gasteiger partial charge in [0.15, 0.2) is 0 Å². The molecule has 6 heteroatoms. The summed E-state index contributed by atoms with van der Waals surface area (Å²) in [7, 11) is 0. The fourth-order valence-electron chi connectivity index (χ4n) is 1.89. The number of rotatable bonds is 4. The molecule has 0 spiro atoms. The van der Waals surface area contributed by atoms with Crippen molar-refractivity contribution in [2.45, 2.75) is 13.0 Å². The number of carbonyl (C=O) groups is 1. The zero-order valence-corrected chi connectivity index (χ0v) is 10.4. The van der Waals surface area contributed by atoms with Crippen LogP contribution in [0, 0.1) is 0 Å². The first kappa shape index (κ1) is 13.7. The van der Waals surface area contributed by atoms with Gasteiger partial charge in [-0.1, -0.05) is 12.1 Å². The van der Waals surface area contributed by atoms with E-state index in [-0.39, 0.29) is 18.1 Å².